The molecular formula is C19H26N4O2. The summed E-state index contributed by atoms with van der Waals surface area (Å²) >= 11 is 0. The lowest BCUT2D eigenvalue weighted by molar-refractivity contribution is -0.123. The van der Waals surface area contributed by atoms with Crippen molar-refractivity contribution in [2.24, 2.45) is 5.41 Å². The van der Waals surface area contributed by atoms with Crippen molar-refractivity contribution in [3.63, 3.8) is 0 Å². The smallest absolute Gasteiger partial charge is 0.259 e. The lowest BCUT2D eigenvalue weighted by atomic mass is 9.95. The molecule has 2 amide bonds. The second-order valence-corrected chi connectivity index (χ2v) is 6.84. The van der Waals surface area contributed by atoms with Crippen molar-refractivity contribution in [3.8, 4) is 5.69 Å². The third kappa shape index (κ3) is 4.07. The summed E-state index contributed by atoms with van der Waals surface area (Å²) in [6, 6.07) is 9.44. The van der Waals surface area contributed by atoms with Crippen molar-refractivity contribution in [3.05, 3.63) is 42.1 Å². The topological polar surface area (TPSA) is 67.2 Å². The summed E-state index contributed by atoms with van der Waals surface area (Å²) in [5.74, 6) is 0.0955. The van der Waals surface area contributed by atoms with Gasteiger partial charge in [0.15, 0.2) is 0 Å². The van der Waals surface area contributed by atoms with Crippen LogP contribution in [0.5, 0.6) is 0 Å². The van der Waals surface area contributed by atoms with Crippen LogP contribution in [0.25, 0.3) is 5.69 Å². The molecule has 1 heterocycles. The van der Waals surface area contributed by atoms with E-state index in [1.165, 1.54) is 6.20 Å². The highest BCUT2D eigenvalue weighted by Gasteiger charge is 2.27. The maximum Gasteiger partial charge on any atom is 0.259 e. The molecule has 0 atom stereocenters. The van der Waals surface area contributed by atoms with Gasteiger partial charge in [0.05, 0.1) is 11.9 Å². The molecule has 0 aliphatic carbocycles. The minimum atomic E-state index is -0.582. The number of carbonyl (C=O) groups excluding carboxylic acids is 2. The van der Waals surface area contributed by atoms with Crippen LogP contribution >= 0.6 is 0 Å². The second kappa shape index (κ2) is 7.51. The molecule has 0 spiro atoms. The fraction of sp³-hybridized carbons (Fsp3) is 0.421. The first-order valence-corrected chi connectivity index (χ1v) is 8.53. The van der Waals surface area contributed by atoms with Crippen LogP contribution in [0.4, 0.5) is 5.82 Å². The van der Waals surface area contributed by atoms with E-state index in [1.54, 1.807) is 9.58 Å². The molecule has 0 aliphatic heterocycles. The van der Waals surface area contributed by atoms with Gasteiger partial charge in [-0.25, -0.2) is 4.68 Å². The van der Waals surface area contributed by atoms with Crippen molar-refractivity contribution in [2.75, 3.05) is 18.4 Å². The van der Waals surface area contributed by atoms with Gasteiger partial charge in [-0.15, -0.1) is 0 Å². The third-order valence-corrected chi connectivity index (χ3v) is 3.96. The predicted octanol–water partition coefficient (Wildman–Crippen LogP) is 3.34. The molecule has 1 N–H and O–H groups in total. The highest BCUT2D eigenvalue weighted by atomic mass is 16.2. The van der Waals surface area contributed by atoms with Crippen LogP contribution in [0.3, 0.4) is 0 Å². The van der Waals surface area contributed by atoms with E-state index < -0.39 is 5.41 Å². The molecule has 134 valence electrons. The summed E-state index contributed by atoms with van der Waals surface area (Å²) in [4.78, 5) is 27.1. The Morgan fingerprint density at radius 3 is 2.24 bits per heavy atom. The fourth-order valence-corrected chi connectivity index (χ4v) is 2.37. The number of benzene rings is 1. The summed E-state index contributed by atoms with van der Waals surface area (Å²) in [5, 5.41) is 7.24. The molecule has 1 aromatic heterocycles. The van der Waals surface area contributed by atoms with Crippen molar-refractivity contribution >= 4 is 17.6 Å². The highest BCUT2D eigenvalue weighted by molar-refractivity contribution is 6.04. The Hall–Kier alpha value is -2.63. The summed E-state index contributed by atoms with van der Waals surface area (Å²) in [6.07, 6.45) is 1.52. The average molecular weight is 342 g/mol. The summed E-state index contributed by atoms with van der Waals surface area (Å²) in [6.45, 7) is 10.5. The van der Waals surface area contributed by atoms with Gasteiger partial charge in [-0.2, -0.15) is 5.10 Å². The molecule has 6 nitrogen and oxygen atoms in total. The standard InChI is InChI=1S/C19H26N4O2/c1-6-22(7-2)17(24)15-13-20-23(14-11-9-8-10-12-14)16(15)21-18(25)19(3,4)5/h8-13H,6-7H2,1-5H3,(H,21,25). The molecule has 0 saturated carbocycles. The average Bonchev–Trinajstić information content (AvgIpc) is 2.99. The van der Waals surface area contributed by atoms with Gasteiger partial charge < -0.3 is 10.2 Å². The minimum absolute atomic E-state index is 0.142. The first-order chi connectivity index (χ1) is 11.8. The summed E-state index contributed by atoms with van der Waals surface area (Å²) < 4.78 is 1.60. The molecule has 0 unspecified atom stereocenters. The molecule has 2 aromatic rings. The van der Waals surface area contributed by atoms with Gasteiger partial charge in [-0.05, 0) is 26.0 Å². The number of rotatable bonds is 5. The molecule has 0 aliphatic rings. The van der Waals surface area contributed by atoms with Gasteiger partial charge in [-0.3, -0.25) is 9.59 Å². The van der Waals surface area contributed by atoms with Gasteiger partial charge in [0.2, 0.25) is 5.91 Å². The maximum atomic E-state index is 12.8. The lowest BCUT2D eigenvalue weighted by Gasteiger charge is -2.21. The molecule has 0 radical (unpaired) electrons. The molecule has 0 bridgehead atoms. The van der Waals surface area contributed by atoms with E-state index in [9.17, 15) is 9.59 Å². The van der Waals surface area contributed by atoms with Gasteiger partial charge in [0, 0.05) is 18.5 Å². The first kappa shape index (κ1) is 18.7. The van der Waals surface area contributed by atoms with Crippen LogP contribution in [0, 0.1) is 5.41 Å². The Kier molecular flexibility index (Phi) is 5.62. The Balaban J connectivity index is 2.52. The Morgan fingerprint density at radius 2 is 1.72 bits per heavy atom. The van der Waals surface area contributed by atoms with Gasteiger partial charge in [-0.1, -0.05) is 39.0 Å². The van der Waals surface area contributed by atoms with E-state index in [-0.39, 0.29) is 11.8 Å². The van der Waals surface area contributed by atoms with E-state index in [0.29, 0.717) is 24.5 Å². The Labute approximate surface area is 148 Å². The molecular weight excluding hydrogens is 316 g/mol. The molecule has 6 heteroatoms. The van der Waals surface area contributed by atoms with Crippen molar-refractivity contribution < 1.29 is 9.59 Å². The third-order valence-electron chi connectivity index (χ3n) is 3.96. The lowest BCUT2D eigenvalue weighted by Crippen LogP contribution is -2.33. The number of aromatic nitrogens is 2. The second-order valence-electron chi connectivity index (χ2n) is 6.84. The predicted molar refractivity (Wildman–Crippen MR) is 98.9 cm³/mol. The zero-order valence-electron chi connectivity index (χ0n) is 15.5. The van der Waals surface area contributed by atoms with Crippen molar-refractivity contribution in [1.82, 2.24) is 14.7 Å². The molecule has 1 aromatic carbocycles. The Bertz CT molecular complexity index is 741. The molecule has 2 rings (SSSR count). The monoisotopic (exact) mass is 342 g/mol. The highest BCUT2D eigenvalue weighted by Crippen LogP contribution is 2.24. The van der Waals surface area contributed by atoms with Gasteiger partial charge in [0.1, 0.15) is 11.4 Å². The number of hydrogen-bond acceptors (Lipinski definition) is 3. The fourth-order valence-electron chi connectivity index (χ4n) is 2.37. The first-order valence-electron chi connectivity index (χ1n) is 8.53. The molecule has 0 saturated heterocycles. The van der Waals surface area contributed by atoms with E-state index in [1.807, 2.05) is 65.0 Å². The zero-order valence-corrected chi connectivity index (χ0v) is 15.5. The van der Waals surface area contributed by atoms with Crippen LogP contribution in [0.1, 0.15) is 45.0 Å². The maximum absolute atomic E-state index is 12.8. The van der Waals surface area contributed by atoms with Gasteiger partial charge >= 0.3 is 0 Å². The van der Waals surface area contributed by atoms with Crippen LogP contribution in [-0.2, 0) is 4.79 Å². The van der Waals surface area contributed by atoms with E-state index in [0.717, 1.165) is 5.69 Å². The number of nitrogens with one attached hydrogen (secondary N) is 1. The Morgan fingerprint density at radius 1 is 1.12 bits per heavy atom. The number of carbonyl (C=O) groups is 2. The van der Waals surface area contributed by atoms with Crippen LogP contribution in [0.15, 0.2) is 36.5 Å². The van der Waals surface area contributed by atoms with Crippen LogP contribution in [-0.4, -0.2) is 39.6 Å². The van der Waals surface area contributed by atoms with Crippen molar-refractivity contribution in [2.45, 2.75) is 34.6 Å². The van der Waals surface area contributed by atoms with Crippen LogP contribution < -0.4 is 5.32 Å². The quantitative estimate of drug-likeness (QED) is 0.906. The summed E-state index contributed by atoms with van der Waals surface area (Å²) in [7, 11) is 0. The van der Waals surface area contributed by atoms with Crippen molar-refractivity contribution in [1.29, 1.82) is 0 Å². The number of hydrogen-bond donors (Lipinski definition) is 1. The summed E-state index contributed by atoms with van der Waals surface area (Å²) in [5.41, 5.74) is 0.594. The number of amides is 2. The van der Waals surface area contributed by atoms with E-state index in [4.69, 9.17) is 0 Å². The number of para-hydroxylation sites is 1. The molecule has 0 fully saturated rings. The number of nitrogens with zero attached hydrogens (tertiary/aromatic N) is 3. The largest absolute Gasteiger partial charge is 0.339 e. The number of anilines is 1. The van der Waals surface area contributed by atoms with E-state index in [2.05, 4.69) is 10.4 Å². The SMILES string of the molecule is CCN(CC)C(=O)c1cnn(-c2ccccc2)c1NC(=O)C(C)(C)C. The zero-order chi connectivity index (χ0) is 18.6. The van der Waals surface area contributed by atoms with Crippen LogP contribution in [0.2, 0.25) is 0 Å². The normalized spacial score (nSPS) is 11.2. The van der Waals surface area contributed by atoms with E-state index >= 15 is 0 Å². The minimum Gasteiger partial charge on any atom is -0.339 e. The van der Waals surface area contributed by atoms with Gasteiger partial charge in [0.25, 0.3) is 5.91 Å². The molecule has 25 heavy (non-hydrogen) atoms.